The third-order valence-corrected chi connectivity index (χ3v) is 10.4. The molecule has 5 heteroatoms. The van der Waals surface area contributed by atoms with E-state index in [0.29, 0.717) is 0 Å². The molecule has 0 aromatic heterocycles. The third kappa shape index (κ3) is 9.11. The molecular weight excluding hydrogens is 724 g/mol. The van der Waals surface area contributed by atoms with E-state index in [0.717, 1.165) is 33.4 Å². The number of rotatable bonds is 8. The maximum Gasteiger partial charge on any atom is 2.00 e. The van der Waals surface area contributed by atoms with Gasteiger partial charge in [0, 0.05) is 0 Å². The van der Waals surface area contributed by atoms with E-state index in [4.69, 9.17) is 0 Å². The molecule has 0 bridgehead atoms. The molecule has 0 aliphatic heterocycles. The van der Waals surface area contributed by atoms with Crippen LogP contribution in [0.25, 0.3) is 0 Å². The van der Waals surface area contributed by atoms with Crippen molar-refractivity contribution in [2.45, 2.75) is 45.4 Å². The molecule has 0 saturated heterocycles. The number of hydrogen-bond acceptors (Lipinski definition) is 2. The molecule has 0 amide bonds. The molecule has 0 fully saturated rings. The summed E-state index contributed by atoms with van der Waals surface area (Å²) >= 11 is 0. The van der Waals surface area contributed by atoms with E-state index in [2.05, 4.69) is 40.7 Å². The molecular formula is C51H50O4Ti. The molecule has 56 heavy (non-hydrogen) atoms. The fraction of sp³-hybridized carbons (Fsp3) is 0.157. The second-order valence-corrected chi connectivity index (χ2v) is 13.9. The summed E-state index contributed by atoms with van der Waals surface area (Å²) in [5.41, 5.74) is 6.48. The SMILES string of the molecule is CC1=[C-]C(C)(C)C(C)=C1C.O=C(O)C(c1ccccc1)(c1ccccc1)c1ccccc1.O=C(O)C(c1ccccc1)(c1ccccc1)c1ccccc1.[CH3-].[Ti+2]. The van der Waals surface area contributed by atoms with Gasteiger partial charge in [0.15, 0.2) is 0 Å². The minimum Gasteiger partial charge on any atom is -0.480 e. The molecule has 1 aliphatic carbocycles. The molecule has 1 aliphatic rings. The quantitative estimate of drug-likeness (QED) is 0.0917. The summed E-state index contributed by atoms with van der Waals surface area (Å²) < 4.78 is 0. The average molecular weight is 775 g/mol. The first-order valence-electron chi connectivity index (χ1n) is 18.1. The van der Waals surface area contributed by atoms with Crippen LogP contribution in [0.5, 0.6) is 0 Å². The van der Waals surface area contributed by atoms with Gasteiger partial charge in [0.1, 0.15) is 10.8 Å². The number of aliphatic carboxylic acids is 2. The van der Waals surface area contributed by atoms with Crippen LogP contribution in [-0.4, -0.2) is 22.2 Å². The fourth-order valence-electron chi connectivity index (χ4n) is 7.28. The summed E-state index contributed by atoms with van der Waals surface area (Å²) in [5, 5.41) is 20.4. The number of benzene rings is 6. The molecule has 0 atom stereocenters. The van der Waals surface area contributed by atoms with Gasteiger partial charge in [0.05, 0.1) is 0 Å². The van der Waals surface area contributed by atoms with Crippen molar-refractivity contribution < 1.29 is 41.5 Å². The molecule has 0 radical (unpaired) electrons. The first kappa shape index (κ1) is 44.8. The van der Waals surface area contributed by atoms with Crippen molar-refractivity contribution >= 4 is 11.9 Å². The summed E-state index contributed by atoms with van der Waals surface area (Å²) in [4.78, 5) is 24.8. The Balaban J connectivity index is 0.000000236. The van der Waals surface area contributed by atoms with E-state index in [1.165, 1.54) is 16.7 Å². The smallest absolute Gasteiger partial charge is 0.480 e. The first-order valence-corrected chi connectivity index (χ1v) is 18.1. The number of carboxylic acid groups (broad SMARTS) is 2. The minimum absolute atomic E-state index is 0. The third-order valence-electron chi connectivity index (χ3n) is 10.4. The molecule has 2 N–H and O–H groups in total. The van der Waals surface area contributed by atoms with Crippen molar-refractivity contribution in [3.05, 3.63) is 246 Å². The summed E-state index contributed by atoms with van der Waals surface area (Å²) in [6.45, 7) is 10.9. The van der Waals surface area contributed by atoms with Crippen LogP contribution in [0.2, 0.25) is 0 Å². The van der Waals surface area contributed by atoms with Crippen molar-refractivity contribution in [3.63, 3.8) is 0 Å². The number of carboxylic acids is 2. The first-order chi connectivity index (χ1) is 26.0. The number of allylic oxidation sites excluding steroid dienone is 4. The Morgan fingerprint density at radius 3 is 0.750 bits per heavy atom. The van der Waals surface area contributed by atoms with Gasteiger partial charge in [-0.2, -0.15) is 11.1 Å². The van der Waals surface area contributed by atoms with E-state index in [1.807, 2.05) is 182 Å². The average Bonchev–Trinajstić information content (AvgIpc) is 3.38. The van der Waals surface area contributed by atoms with E-state index in [-0.39, 0.29) is 34.6 Å². The van der Waals surface area contributed by atoms with Gasteiger partial charge in [-0.25, -0.2) is 5.57 Å². The summed E-state index contributed by atoms with van der Waals surface area (Å²) in [6.07, 6.45) is 3.44. The van der Waals surface area contributed by atoms with Crippen LogP contribution in [0.3, 0.4) is 0 Å². The van der Waals surface area contributed by atoms with Gasteiger partial charge in [0.25, 0.3) is 0 Å². The Labute approximate surface area is 348 Å². The van der Waals surface area contributed by atoms with Gasteiger partial charge in [-0.3, -0.25) is 15.7 Å². The molecule has 6 aromatic carbocycles. The maximum atomic E-state index is 12.4. The normalized spacial score (nSPS) is 12.9. The second-order valence-electron chi connectivity index (χ2n) is 13.9. The maximum absolute atomic E-state index is 12.4. The molecule has 0 spiro atoms. The topological polar surface area (TPSA) is 74.6 Å². The molecule has 0 unspecified atom stereocenters. The van der Waals surface area contributed by atoms with Crippen LogP contribution < -0.4 is 0 Å². The molecule has 4 nitrogen and oxygen atoms in total. The largest absolute Gasteiger partial charge is 2.00 e. The Kier molecular flexibility index (Phi) is 15.9. The van der Waals surface area contributed by atoms with Crippen molar-refractivity contribution in [1.29, 1.82) is 0 Å². The van der Waals surface area contributed by atoms with Crippen LogP contribution in [0, 0.1) is 18.9 Å². The Bertz CT molecular complexity index is 1870. The Hall–Kier alpha value is -5.55. The van der Waals surface area contributed by atoms with Crippen LogP contribution in [0.1, 0.15) is 68.0 Å². The molecule has 7 rings (SSSR count). The summed E-state index contributed by atoms with van der Waals surface area (Å²) in [7, 11) is 0. The van der Waals surface area contributed by atoms with E-state index in [1.54, 1.807) is 0 Å². The zero-order chi connectivity index (χ0) is 38.8. The van der Waals surface area contributed by atoms with E-state index in [9.17, 15) is 19.8 Å². The van der Waals surface area contributed by atoms with Crippen molar-refractivity contribution in [1.82, 2.24) is 0 Å². The van der Waals surface area contributed by atoms with Crippen LogP contribution in [0.15, 0.2) is 199 Å². The van der Waals surface area contributed by atoms with Crippen LogP contribution >= 0.6 is 0 Å². The molecule has 0 heterocycles. The minimum atomic E-state index is -1.20. The number of hydrogen-bond donors (Lipinski definition) is 2. The van der Waals surface area contributed by atoms with Gasteiger partial charge in [-0.15, -0.1) is 6.92 Å². The molecule has 282 valence electrons. The van der Waals surface area contributed by atoms with Crippen molar-refractivity contribution in [3.8, 4) is 0 Å². The predicted molar refractivity (Wildman–Crippen MR) is 225 cm³/mol. The monoisotopic (exact) mass is 774 g/mol. The fourth-order valence-corrected chi connectivity index (χ4v) is 7.28. The van der Waals surface area contributed by atoms with E-state index >= 15 is 0 Å². The van der Waals surface area contributed by atoms with Gasteiger partial charge >= 0.3 is 33.7 Å². The van der Waals surface area contributed by atoms with Gasteiger partial charge < -0.3 is 17.6 Å². The Morgan fingerprint density at radius 2 is 0.643 bits per heavy atom. The number of carbonyl (C=O) groups is 2. The zero-order valence-corrected chi connectivity index (χ0v) is 34.6. The van der Waals surface area contributed by atoms with Crippen molar-refractivity contribution in [2.24, 2.45) is 5.41 Å². The predicted octanol–water partition coefficient (Wildman–Crippen LogP) is 11.8. The van der Waals surface area contributed by atoms with Gasteiger partial charge in [-0.1, -0.05) is 215 Å². The van der Waals surface area contributed by atoms with Gasteiger partial charge in [-0.05, 0) is 33.4 Å². The standard InChI is InChI=1S/2C20H16O2.C10H15.CH3.Ti/c2*21-19(22)20(16-10-4-1-5-11-16,17-12-6-2-7-13-17)18-14-8-3-9-15-18;1-7-6-10(4,5)9(3)8(7)2;;/h2*1-15H,(H,21,22);1-5H3;1H3;/q;;2*-1;+2. The van der Waals surface area contributed by atoms with Crippen LogP contribution in [0.4, 0.5) is 0 Å². The zero-order valence-electron chi connectivity index (χ0n) is 33.0. The summed E-state index contributed by atoms with van der Waals surface area (Å²) in [6, 6.07) is 56.3. The second kappa shape index (κ2) is 19.9. The van der Waals surface area contributed by atoms with Crippen LogP contribution in [-0.2, 0) is 42.1 Å². The summed E-state index contributed by atoms with van der Waals surface area (Å²) in [5.74, 6) is -1.76. The molecule has 0 saturated carbocycles. The Morgan fingerprint density at radius 1 is 0.446 bits per heavy atom. The van der Waals surface area contributed by atoms with Crippen molar-refractivity contribution in [2.75, 3.05) is 0 Å². The van der Waals surface area contributed by atoms with E-state index < -0.39 is 22.8 Å². The van der Waals surface area contributed by atoms with Gasteiger partial charge in [0.2, 0.25) is 0 Å². The molecule has 6 aromatic rings.